The number of halogens is 3. The van der Waals surface area contributed by atoms with Crippen molar-refractivity contribution < 1.29 is 14.3 Å². The van der Waals surface area contributed by atoms with Crippen molar-refractivity contribution in [3.05, 3.63) is 57.8 Å². The molecule has 4 nitrogen and oxygen atoms in total. The van der Waals surface area contributed by atoms with Gasteiger partial charge in [0.05, 0.1) is 29.5 Å². The molecule has 0 aromatic heterocycles. The molecule has 0 saturated heterocycles. The second-order valence-electron chi connectivity index (χ2n) is 4.50. The van der Waals surface area contributed by atoms with Crippen LogP contribution in [-0.4, -0.2) is 17.6 Å². The van der Waals surface area contributed by atoms with E-state index in [4.69, 9.17) is 28.3 Å². The van der Waals surface area contributed by atoms with Crippen LogP contribution in [0.2, 0.25) is 10.0 Å². The molecule has 0 aliphatic heterocycles. The number of carbonyl (C=O) groups is 1. The fourth-order valence-electron chi connectivity index (χ4n) is 1.77. The van der Waals surface area contributed by atoms with E-state index in [2.05, 4.69) is 10.6 Å². The average molecular weight is 343 g/mol. The Balaban J connectivity index is 2.00. The summed E-state index contributed by atoms with van der Waals surface area (Å²) in [6.07, 6.45) is 0. The highest BCUT2D eigenvalue weighted by Gasteiger charge is 2.09. The number of amides is 1. The smallest absolute Gasteiger partial charge is 0.243 e. The van der Waals surface area contributed by atoms with E-state index in [-0.39, 0.29) is 18.8 Å². The zero-order valence-electron chi connectivity index (χ0n) is 11.4. The summed E-state index contributed by atoms with van der Waals surface area (Å²) in [5, 5.41) is 15.1. The Hall–Kier alpha value is -1.82. The van der Waals surface area contributed by atoms with Gasteiger partial charge >= 0.3 is 0 Å². The van der Waals surface area contributed by atoms with Crippen LogP contribution < -0.4 is 10.6 Å². The van der Waals surface area contributed by atoms with Crippen molar-refractivity contribution in [2.75, 3.05) is 17.2 Å². The number of benzene rings is 2. The Labute approximate surface area is 136 Å². The molecule has 0 aliphatic carbocycles. The summed E-state index contributed by atoms with van der Waals surface area (Å²) in [6.45, 7) is -0.244. The van der Waals surface area contributed by atoms with Gasteiger partial charge in [0.2, 0.25) is 5.91 Å². The predicted molar refractivity (Wildman–Crippen MR) is 85.9 cm³/mol. The maximum atomic E-state index is 13.5. The monoisotopic (exact) mass is 342 g/mol. The maximum Gasteiger partial charge on any atom is 0.243 e. The molecule has 22 heavy (non-hydrogen) atoms. The quantitative estimate of drug-likeness (QED) is 0.776. The first-order valence-corrected chi connectivity index (χ1v) is 7.13. The van der Waals surface area contributed by atoms with E-state index in [0.29, 0.717) is 21.3 Å². The normalized spacial score (nSPS) is 10.4. The number of carbonyl (C=O) groups excluding carboxylic acids is 1. The molecule has 7 heteroatoms. The third-order valence-electron chi connectivity index (χ3n) is 2.86. The van der Waals surface area contributed by atoms with E-state index < -0.39 is 11.7 Å². The first-order chi connectivity index (χ1) is 10.5. The molecule has 2 aromatic carbocycles. The highest BCUT2D eigenvalue weighted by atomic mass is 35.5. The van der Waals surface area contributed by atoms with Crippen LogP contribution in [0.4, 0.5) is 15.8 Å². The minimum absolute atomic E-state index is 0.00880. The topological polar surface area (TPSA) is 61.4 Å². The first kappa shape index (κ1) is 16.5. The minimum atomic E-state index is -0.571. The van der Waals surface area contributed by atoms with Crippen molar-refractivity contribution in [2.45, 2.75) is 6.61 Å². The van der Waals surface area contributed by atoms with E-state index in [9.17, 15) is 9.18 Å². The van der Waals surface area contributed by atoms with Crippen LogP contribution in [0.3, 0.4) is 0 Å². The largest absolute Gasteiger partial charge is 0.392 e. The summed E-state index contributed by atoms with van der Waals surface area (Å²) in [6, 6.07) is 8.82. The number of nitrogens with one attached hydrogen (secondary N) is 2. The fourth-order valence-corrected chi connectivity index (χ4v) is 2.13. The molecule has 0 spiro atoms. The molecule has 2 rings (SSSR count). The van der Waals surface area contributed by atoms with Crippen LogP contribution in [-0.2, 0) is 11.4 Å². The van der Waals surface area contributed by atoms with Gasteiger partial charge in [-0.15, -0.1) is 0 Å². The third kappa shape index (κ3) is 4.34. The third-order valence-corrected chi connectivity index (χ3v) is 3.42. The van der Waals surface area contributed by atoms with Gasteiger partial charge in [-0.25, -0.2) is 4.39 Å². The van der Waals surface area contributed by atoms with Gasteiger partial charge in [0.25, 0.3) is 0 Å². The predicted octanol–water partition coefficient (Wildman–Crippen LogP) is 3.68. The molecule has 1 amide bonds. The molecule has 3 N–H and O–H groups in total. The molecule has 0 atom stereocenters. The van der Waals surface area contributed by atoms with E-state index in [1.54, 1.807) is 18.2 Å². The summed E-state index contributed by atoms with van der Waals surface area (Å²) < 4.78 is 13.5. The van der Waals surface area contributed by atoms with Crippen LogP contribution in [0.25, 0.3) is 0 Å². The molecular formula is C15H13Cl2FN2O2. The Morgan fingerprint density at radius 2 is 1.91 bits per heavy atom. The second-order valence-corrected chi connectivity index (χ2v) is 5.34. The Kier molecular flexibility index (Phi) is 5.60. The van der Waals surface area contributed by atoms with Crippen molar-refractivity contribution in [1.82, 2.24) is 0 Å². The second kappa shape index (κ2) is 7.45. The zero-order chi connectivity index (χ0) is 16.1. The molecule has 0 saturated carbocycles. The molecular weight excluding hydrogens is 330 g/mol. The fraction of sp³-hybridized carbons (Fsp3) is 0.133. The summed E-state index contributed by atoms with van der Waals surface area (Å²) in [5.41, 5.74) is 1.18. The highest BCUT2D eigenvalue weighted by molar-refractivity contribution is 6.33. The summed E-state index contributed by atoms with van der Waals surface area (Å²) in [4.78, 5) is 11.8. The number of aliphatic hydroxyl groups is 1. The van der Waals surface area contributed by atoms with Crippen molar-refractivity contribution in [3.63, 3.8) is 0 Å². The average Bonchev–Trinajstić information content (AvgIpc) is 2.50. The number of anilines is 2. The highest BCUT2D eigenvalue weighted by Crippen LogP contribution is 2.23. The minimum Gasteiger partial charge on any atom is -0.392 e. The number of rotatable bonds is 5. The molecule has 116 valence electrons. The van der Waals surface area contributed by atoms with E-state index in [1.165, 1.54) is 18.2 Å². The number of aliphatic hydroxyl groups excluding tert-OH is 1. The van der Waals surface area contributed by atoms with Crippen LogP contribution in [0, 0.1) is 5.82 Å². The van der Waals surface area contributed by atoms with Gasteiger partial charge in [0, 0.05) is 5.02 Å². The van der Waals surface area contributed by atoms with E-state index in [0.717, 1.165) is 0 Å². The molecule has 0 fully saturated rings. The molecule has 0 bridgehead atoms. The lowest BCUT2D eigenvalue weighted by Crippen LogP contribution is -2.22. The Morgan fingerprint density at radius 3 is 2.64 bits per heavy atom. The van der Waals surface area contributed by atoms with Gasteiger partial charge < -0.3 is 15.7 Å². The molecule has 0 unspecified atom stereocenters. The van der Waals surface area contributed by atoms with E-state index >= 15 is 0 Å². The van der Waals surface area contributed by atoms with Crippen molar-refractivity contribution in [2.24, 2.45) is 0 Å². The Bertz CT molecular complexity index is 695. The van der Waals surface area contributed by atoms with Gasteiger partial charge in [0.1, 0.15) is 5.82 Å². The van der Waals surface area contributed by atoms with Gasteiger partial charge in [-0.2, -0.15) is 0 Å². The van der Waals surface area contributed by atoms with Gasteiger partial charge in [0.15, 0.2) is 0 Å². The van der Waals surface area contributed by atoms with Gasteiger partial charge in [-0.3, -0.25) is 4.79 Å². The van der Waals surface area contributed by atoms with Crippen molar-refractivity contribution in [1.29, 1.82) is 0 Å². The van der Waals surface area contributed by atoms with Crippen molar-refractivity contribution >= 4 is 40.5 Å². The molecule has 0 radical (unpaired) electrons. The van der Waals surface area contributed by atoms with Gasteiger partial charge in [-0.1, -0.05) is 29.3 Å². The lowest BCUT2D eigenvalue weighted by molar-refractivity contribution is -0.114. The van der Waals surface area contributed by atoms with Crippen molar-refractivity contribution in [3.8, 4) is 0 Å². The van der Waals surface area contributed by atoms with Crippen LogP contribution in [0.1, 0.15) is 5.56 Å². The standard InChI is InChI=1S/C15H13Cl2FN2O2/c16-10-2-4-12(18)14(6-10)20-15(22)7-19-13-5-9(8-21)1-3-11(13)17/h1-6,19,21H,7-8H2,(H,20,22). The number of hydrogen-bond donors (Lipinski definition) is 3. The zero-order valence-corrected chi connectivity index (χ0v) is 12.9. The lowest BCUT2D eigenvalue weighted by atomic mass is 10.2. The van der Waals surface area contributed by atoms with Crippen LogP contribution >= 0.6 is 23.2 Å². The van der Waals surface area contributed by atoms with Crippen LogP contribution in [0.15, 0.2) is 36.4 Å². The molecule has 2 aromatic rings. The molecule has 0 heterocycles. The summed E-state index contributed by atoms with van der Waals surface area (Å²) >= 11 is 11.7. The van der Waals surface area contributed by atoms with Crippen LogP contribution in [0.5, 0.6) is 0 Å². The SMILES string of the molecule is O=C(CNc1cc(CO)ccc1Cl)Nc1cc(Cl)ccc1F. The van der Waals surface area contributed by atoms with E-state index in [1.807, 2.05) is 0 Å². The van der Waals surface area contributed by atoms with Gasteiger partial charge in [-0.05, 0) is 35.9 Å². The summed E-state index contributed by atoms with van der Waals surface area (Å²) in [7, 11) is 0. The lowest BCUT2D eigenvalue weighted by Gasteiger charge is -2.11. The first-order valence-electron chi connectivity index (χ1n) is 6.37. The summed E-state index contributed by atoms with van der Waals surface area (Å²) in [5.74, 6) is -1.02. The number of hydrogen-bond acceptors (Lipinski definition) is 3. The Morgan fingerprint density at radius 1 is 1.14 bits per heavy atom. The maximum absolute atomic E-state index is 13.5. The molecule has 0 aliphatic rings.